The van der Waals surface area contributed by atoms with Gasteiger partial charge in [-0.3, -0.25) is 0 Å². The largest absolute Gasteiger partial charge is 0.326 e. The van der Waals surface area contributed by atoms with Gasteiger partial charge in [-0.05, 0) is 38.1 Å². The number of nitrogens with one attached hydrogen (secondary N) is 1. The Morgan fingerprint density at radius 2 is 1.90 bits per heavy atom. The van der Waals surface area contributed by atoms with Gasteiger partial charge in [0.2, 0.25) is 10.0 Å². The number of nitrogens with two attached hydrogens (primary N) is 1. The Morgan fingerprint density at radius 3 is 2.52 bits per heavy atom. The van der Waals surface area contributed by atoms with E-state index in [9.17, 15) is 17.2 Å². The first-order chi connectivity index (χ1) is 9.95. The number of likely N-dealkylation sites (tertiary alicyclic amines) is 1. The molecule has 8 heteroatoms. The van der Waals surface area contributed by atoms with Crippen LogP contribution < -0.4 is 10.5 Å². The first-order valence-electron chi connectivity index (χ1n) is 6.84. The summed E-state index contributed by atoms with van der Waals surface area (Å²) in [5.41, 5.74) is 4.83. The molecule has 1 heterocycles. The molecule has 0 aromatic heterocycles. The van der Waals surface area contributed by atoms with Crippen LogP contribution in [0.5, 0.6) is 0 Å². The summed E-state index contributed by atoms with van der Waals surface area (Å²) in [7, 11) is -4.01. The molecule has 1 aliphatic heterocycles. The van der Waals surface area contributed by atoms with Gasteiger partial charge in [-0.15, -0.1) is 0 Å². The van der Waals surface area contributed by atoms with E-state index in [0.29, 0.717) is 6.54 Å². The second-order valence-corrected chi connectivity index (χ2v) is 6.72. The predicted molar refractivity (Wildman–Crippen MR) is 75.1 cm³/mol. The molecule has 1 aliphatic rings. The maximum absolute atomic E-state index is 14.0. The van der Waals surface area contributed by atoms with E-state index in [0.717, 1.165) is 38.1 Å². The quantitative estimate of drug-likeness (QED) is 0.813. The molecule has 0 aliphatic carbocycles. The average molecular weight is 319 g/mol. The summed E-state index contributed by atoms with van der Waals surface area (Å²) in [6, 6.07) is 1.84. The highest BCUT2D eigenvalue weighted by molar-refractivity contribution is 7.89. The van der Waals surface area contributed by atoms with E-state index in [1.165, 1.54) is 0 Å². The SMILES string of the molecule is NCc1c(F)ccc(S(=O)(=O)NCCN2CCCC2)c1F. The lowest BCUT2D eigenvalue weighted by molar-refractivity contribution is 0.344. The smallest absolute Gasteiger partial charge is 0.243 e. The van der Waals surface area contributed by atoms with Crippen LogP contribution in [-0.4, -0.2) is 39.5 Å². The summed E-state index contributed by atoms with van der Waals surface area (Å²) in [5, 5.41) is 0. The van der Waals surface area contributed by atoms with Crippen LogP contribution in [0.4, 0.5) is 8.78 Å². The van der Waals surface area contributed by atoms with Crippen molar-refractivity contribution in [3.05, 3.63) is 29.3 Å². The zero-order valence-corrected chi connectivity index (χ0v) is 12.4. The summed E-state index contributed by atoms with van der Waals surface area (Å²) in [4.78, 5) is 1.57. The fourth-order valence-electron chi connectivity index (χ4n) is 2.39. The molecule has 21 heavy (non-hydrogen) atoms. The van der Waals surface area contributed by atoms with Gasteiger partial charge in [-0.2, -0.15) is 0 Å². The van der Waals surface area contributed by atoms with Gasteiger partial charge in [0.05, 0.1) is 0 Å². The Hall–Kier alpha value is -1.09. The molecule has 0 spiro atoms. The highest BCUT2D eigenvalue weighted by Gasteiger charge is 2.23. The van der Waals surface area contributed by atoms with Crippen LogP contribution in [0.25, 0.3) is 0 Å². The fraction of sp³-hybridized carbons (Fsp3) is 0.538. The third-order valence-electron chi connectivity index (χ3n) is 3.56. The minimum atomic E-state index is -4.01. The van der Waals surface area contributed by atoms with E-state index in [1.807, 2.05) is 0 Å². The summed E-state index contributed by atoms with van der Waals surface area (Å²) in [6.45, 7) is 2.27. The van der Waals surface area contributed by atoms with E-state index >= 15 is 0 Å². The van der Waals surface area contributed by atoms with E-state index in [1.54, 1.807) is 0 Å². The van der Waals surface area contributed by atoms with Gasteiger partial charge in [-0.25, -0.2) is 21.9 Å². The lowest BCUT2D eigenvalue weighted by Crippen LogP contribution is -2.34. The second-order valence-electron chi connectivity index (χ2n) is 4.99. The first kappa shape index (κ1) is 16.3. The van der Waals surface area contributed by atoms with Gasteiger partial charge >= 0.3 is 0 Å². The zero-order valence-electron chi connectivity index (χ0n) is 11.6. The monoisotopic (exact) mass is 319 g/mol. The maximum Gasteiger partial charge on any atom is 0.243 e. The first-order valence-corrected chi connectivity index (χ1v) is 8.33. The predicted octanol–water partition coefficient (Wildman–Crippen LogP) is 0.798. The molecule has 2 rings (SSSR count). The van der Waals surface area contributed by atoms with Crippen LogP contribution in [0.1, 0.15) is 18.4 Å². The van der Waals surface area contributed by atoms with Gasteiger partial charge in [0.25, 0.3) is 0 Å². The minimum absolute atomic E-state index is 0.192. The molecule has 1 fully saturated rings. The molecule has 1 aromatic carbocycles. The van der Waals surface area contributed by atoms with E-state index in [-0.39, 0.29) is 6.54 Å². The molecule has 0 unspecified atom stereocenters. The molecule has 0 amide bonds. The van der Waals surface area contributed by atoms with Gasteiger partial charge < -0.3 is 10.6 Å². The summed E-state index contributed by atoms with van der Waals surface area (Å²) < 4.78 is 53.8. The molecule has 1 aromatic rings. The number of hydrogen-bond donors (Lipinski definition) is 2. The number of benzene rings is 1. The van der Waals surface area contributed by atoms with Crippen molar-refractivity contribution in [1.29, 1.82) is 0 Å². The number of nitrogens with zero attached hydrogens (tertiary/aromatic N) is 1. The molecule has 5 nitrogen and oxygen atoms in total. The highest BCUT2D eigenvalue weighted by atomic mass is 32.2. The molecule has 118 valence electrons. The fourth-order valence-corrected chi connectivity index (χ4v) is 3.51. The zero-order chi connectivity index (χ0) is 15.5. The summed E-state index contributed by atoms with van der Waals surface area (Å²) >= 11 is 0. The van der Waals surface area contributed by atoms with E-state index < -0.39 is 38.7 Å². The highest BCUT2D eigenvalue weighted by Crippen LogP contribution is 2.20. The number of halogens is 2. The normalized spacial score (nSPS) is 16.5. The van der Waals surface area contributed by atoms with E-state index in [2.05, 4.69) is 9.62 Å². The summed E-state index contributed by atoms with van der Waals surface area (Å²) in [5.74, 6) is -1.96. The minimum Gasteiger partial charge on any atom is -0.326 e. The third kappa shape index (κ3) is 3.76. The Labute approximate surface area is 123 Å². The van der Waals surface area contributed by atoms with Gasteiger partial charge in [0.1, 0.15) is 10.7 Å². The van der Waals surface area contributed by atoms with Crippen molar-refractivity contribution in [2.24, 2.45) is 5.73 Å². The Bertz CT molecular complexity index is 602. The number of rotatable bonds is 6. The van der Waals surface area contributed by atoms with Gasteiger partial charge in [0, 0.05) is 25.2 Å². The van der Waals surface area contributed by atoms with Crippen molar-refractivity contribution < 1.29 is 17.2 Å². The Balaban J connectivity index is 2.08. The Morgan fingerprint density at radius 1 is 1.24 bits per heavy atom. The number of sulfonamides is 1. The van der Waals surface area contributed by atoms with Crippen molar-refractivity contribution in [2.75, 3.05) is 26.2 Å². The van der Waals surface area contributed by atoms with Crippen molar-refractivity contribution >= 4 is 10.0 Å². The van der Waals surface area contributed by atoms with Crippen molar-refractivity contribution in [3.8, 4) is 0 Å². The maximum atomic E-state index is 14.0. The Kier molecular flexibility index (Phi) is 5.26. The molecule has 0 saturated carbocycles. The molecule has 0 radical (unpaired) electrons. The van der Waals surface area contributed by atoms with Crippen molar-refractivity contribution in [3.63, 3.8) is 0 Å². The molecule has 0 atom stereocenters. The van der Waals surface area contributed by atoms with Crippen molar-refractivity contribution in [2.45, 2.75) is 24.3 Å². The van der Waals surface area contributed by atoms with Crippen LogP contribution >= 0.6 is 0 Å². The molecule has 1 saturated heterocycles. The average Bonchev–Trinajstić information content (AvgIpc) is 2.92. The standard InChI is InChI=1S/C13H19F2N3O2S/c14-11-3-4-12(13(15)10(11)9-16)21(19,20)17-5-8-18-6-1-2-7-18/h3-4,17H,1-2,5-9,16H2. The second kappa shape index (κ2) is 6.78. The number of hydrogen-bond acceptors (Lipinski definition) is 4. The third-order valence-corrected chi connectivity index (χ3v) is 5.04. The van der Waals surface area contributed by atoms with Crippen LogP contribution in [0, 0.1) is 11.6 Å². The lowest BCUT2D eigenvalue weighted by Gasteiger charge is -2.15. The molecular weight excluding hydrogens is 300 g/mol. The topological polar surface area (TPSA) is 75.4 Å². The van der Waals surface area contributed by atoms with Crippen LogP contribution in [0.3, 0.4) is 0 Å². The molecular formula is C13H19F2N3O2S. The van der Waals surface area contributed by atoms with Crippen LogP contribution in [0.2, 0.25) is 0 Å². The lowest BCUT2D eigenvalue weighted by atomic mass is 10.2. The van der Waals surface area contributed by atoms with Crippen molar-refractivity contribution in [1.82, 2.24) is 9.62 Å². The van der Waals surface area contributed by atoms with Crippen LogP contribution in [-0.2, 0) is 16.6 Å². The molecule has 3 N–H and O–H groups in total. The van der Waals surface area contributed by atoms with Gasteiger partial charge in [-0.1, -0.05) is 0 Å². The molecule has 0 bridgehead atoms. The van der Waals surface area contributed by atoms with Crippen LogP contribution in [0.15, 0.2) is 17.0 Å². The van der Waals surface area contributed by atoms with E-state index in [4.69, 9.17) is 5.73 Å². The van der Waals surface area contributed by atoms with Gasteiger partial charge in [0.15, 0.2) is 5.82 Å². The summed E-state index contributed by atoms with van der Waals surface area (Å²) in [6.07, 6.45) is 2.22.